The topological polar surface area (TPSA) is 85.1 Å². The van der Waals surface area contributed by atoms with Crippen LogP contribution in [0.5, 0.6) is 0 Å². The minimum absolute atomic E-state index is 0.182. The van der Waals surface area contributed by atoms with E-state index >= 15 is 0 Å². The van der Waals surface area contributed by atoms with Gasteiger partial charge in [0.1, 0.15) is 5.69 Å². The van der Waals surface area contributed by atoms with Crippen LogP contribution in [0.4, 0.5) is 0 Å². The molecule has 0 radical (unpaired) electrons. The third-order valence-electron chi connectivity index (χ3n) is 5.04. The molecule has 10 heteroatoms. The minimum atomic E-state index is -0.213. The normalized spacial score (nSPS) is 11.5. The van der Waals surface area contributed by atoms with Gasteiger partial charge in [-0.1, -0.05) is 71.6 Å². The number of hydrogen-bond donors (Lipinski definition) is 1. The van der Waals surface area contributed by atoms with Gasteiger partial charge in [-0.05, 0) is 36.8 Å². The number of carbonyl (C=O) groups excluding carboxylic acids is 1. The standard InChI is InChI=1S/C25H20N6OS3/c1-17-9-5-6-12-19(17)21-15-33-24(31(21)18-10-3-2-4-11-18)29-27-22(32)16-34-25-30-28-23(35-25)20-13-7-8-14-26-20/h2-15H,16H2,1H3,(H,27,32)/b29-24+. The maximum absolute atomic E-state index is 12.6. The summed E-state index contributed by atoms with van der Waals surface area (Å²) in [7, 11) is 0. The molecule has 0 saturated carbocycles. The molecule has 174 valence electrons. The molecule has 0 atom stereocenters. The fourth-order valence-corrected chi connectivity index (χ4v) is 5.87. The smallest absolute Gasteiger partial charge is 0.250 e. The molecule has 7 nitrogen and oxygen atoms in total. The minimum Gasteiger partial charge on any atom is -0.284 e. The van der Waals surface area contributed by atoms with Gasteiger partial charge >= 0.3 is 0 Å². The first-order valence-electron chi connectivity index (χ1n) is 10.7. The number of nitrogens with one attached hydrogen (secondary N) is 1. The molecule has 0 fully saturated rings. The second kappa shape index (κ2) is 10.8. The summed E-state index contributed by atoms with van der Waals surface area (Å²) in [5.41, 5.74) is 7.76. The summed E-state index contributed by atoms with van der Waals surface area (Å²) in [6, 6.07) is 23.9. The van der Waals surface area contributed by atoms with Crippen molar-refractivity contribution in [2.75, 3.05) is 5.75 Å². The van der Waals surface area contributed by atoms with Crippen LogP contribution in [0.15, 0.2) is 93.8 Å². The molecule has 3 heterocycles. The van der Waals surface area contributed by atoms with Crippen LogP contribution in [0.25, 0.3) is 27.6 Å². The predicted octanol–water partition coefficient (Wildman–Crippen LogP) is 5.15. The van der Waals surface area contributed by atoms with Crippen molar-refractivity contribution in [2.45, 2.75) is 11.3 Å². The molecule has 35 heavy (non-hydrogen) atoms. The van der Waals surface area contributed by atoms with E-state index in [4.69, 9.17) is 0 Å². The van der Waals surface area contributed by atoms with Crippen molar-refractivity contribution in [1.82, 2.24) is 25.2 Å². The lowest BCUT2D eigenvalue weighted by molar-refractivity contribution is -0.118. The molecule has 0 aliphatic rings. The van der Waals surface area contributed by atoms with Gasteiger partial charge in [0.15, 0.2) is 9.35 Å². The Morgan fingerprint density at radius 3 is 2.63 bits per heavy atom. The Morgan fingerprint density at radius 1 is 1.03 bits per heavy atom. The molecule has 3 aromatic heterocycles. The molecule has 1 N–H and O–H groups in total. The van der Waals surface area contributed by atoms with Crippen LogP contribution in [-0.2, 0) is 4.79 Å². The van der Waals surface area contributed by atoms with Gasteiger partial charge in [-0.2, -0.15) is 0 Å². The maximum atomic E-state index is 12.6. The summed E-state index contributed by atoms with van der Waals surface area (Å²) in [5, 5.41) is 15.6. The van der Waals surface area contributed by atoms with Gasteiger partial charge in [0.2, 0.25) is 4.80 Å². The zero-order valence-corrected chi connectivity index (χ0v) is 21.1. The van der Waals surface area contributed by atoms with E-state index in [0.717, 1.165) is 27.6 Å². The first-order chi connectivity index (χ1) is 17.2. The molecular weight excluding hydrogens is 497 g/mol. The summed E-state index contributed by atoms with van der Waals surface area (Å²) in [6.45, 7) is 2.09. The van der Waals surface area contributed by atoms with E-state index in [-0.39, 0.29) is 11.7 Å². The molecule has 0 aliphatic carbocycles. The predicted molar refractivity (Wildman–Crippen MR) is 141 cm³/mol. The highest BCUT2D eigenvalue weighted by atomic mass is 32.2. The van der Waals surface area contributed by atoms with Gasteiger partial charge in [-0.15, -0.1) is 26.6 Å². The first kappa shape index (κ1) is 23.2. The highest BCUT2D eigenvalue weighted by Gasteiger charge is 2.13. The molecule has 0 aliphatic heterocycles. The van der Waals surface area contributed by atoms with E-state index in [1.165, 1.54) is 40.0 Å². The summed E-state index contributed by atoms with van der Waals surface area (Å²) >= 11 is 4.21. The Bertz CT molecular complexity index is 1510. The zero-order valence-electron chi connectivity index (χ0n) is 18.7. The van der Waals surface area contributed by atoms with Gasteiger partial charge in [-0.3, -0.25) is 14.3 Å². The van der Waals surface area contributed by atoms with Crippen LogP contribution in [0.1, 0.15) is 5.56 Å². The number of pyridine rings is 1. The molecular formula is C25H20N6OS3. The third-order valence-corrected chi connectivity index (χ3v) is 7.94. The third kappa shape index (κ3) is 5.40. The number of amides is 1. The van der Waals surface area contributed by atoms with Crippen molar-refractivity contribution in [2.24, 2.45) is 5.10 Å². The molecule has 0 unspecified atom stereocenters. The number of hydrogen-bond acceptors (Lipinski definition) is 8. The van der Waals surface area contributed by atoms with Gasteiger partial charge in [0, 0.05) is 22.8 Å². The van der Waals surface area contributed by atoms with Crippen molar-refractivity contribution in [3.8, 4) is 27.6 Å². The number of carbonyl (C=O) groups is 1. The highest BCUT2D eigenvalue weighted by molar-refractivity contribution is 8.01. The van der Waals surface area contributed by atoms with Gasteiger partial charge in [-0.25, -0.2) is 5.43 Å². The van der Waals surface area contributed by atoms with Crippen LogP contribution in [-0.4, -0.2) is 31.4 Å². The largest absolute Gasteiger partial charge is 0.284 e. The fraction of sp³-hybridized carbons (Fsp3) is 0.0800. The molecule has 0 spiro atoms. The lowest BCUT2D eigenvalue weighted by Crippen LogP contribution is -2.25. The Kier molecular flexibility index (Phi) is 7.12. The Labute approximate surface area is 214 Å². The van der Waals surface area contributed by atoms with E-state index in [9.17, 15) is 4.79 Å². The van der Waals surface area contributed by atoms with Crippen LogP contribution in [0.2, 0.25) is 0 Å². The fourth-order valence-electron chi connectivity index (χ4n) is 3.39. The number of rotatable bonds is 7. The summed E-state index contributed by atoms with van der Waals surface area (Å²) in [4.78, 5) is 17.5. The van der Waals surface area contributed by atoms with E-state index in [1.54, 1.807) is 6.20 Å². The molecule has 0 saturated heterocycles. The molecule has 1 amide bonds. The average molecular weight is 517 g/mol. The second-order valence-corrected chi connectivity index (χ2v) is 10.4. The number of para-hydroxylation sites is 1. The number of benzene rings is 2. The van der Waals surface area contributed by atoms with Gasteiger partial charge in [0.05, 0.1) is 11.4 Å². The molecule has 5 rings (SSSR count). The first-order valence-corrected chi connectivity index (χ1v) is 13.4. The summed E-state index contributed by atoms with van der Waals surface area (Å²) < 4.78 is 2.77. The van der Waals surface area contributed by atoms with Gasteiger partial charge in [0.25, 0.3) is 5.91 Å². The summed E-state index contributed by atoms with van der Waals surface area (Å²) in [6.07, 6.45) is 1.72. The van der Waals surface area contributed by atoms with Crippen molar-refractivity contribution in [1.29, 1.82) is 0 Å². The van der Waals surface area contributed by atoms with Crippen LogP contribution in [0.3, 0.4) is 0 Å². The second-order valence-electron chi connectivity index (χ2n) is 7.41. The average Bonchev–Trinajstić information content (AvgIpc) is 3.55. The van der Waals surface area contributed by atoms with Crippen molar-refractivity contribution in [3.63, 3.8) is 0 Å². The van der Waals surface area contributed by atoms with Crippen molar-refractivity contribution >= 4 is 40.3 Å². The number of aromatic nitrogens is 4. The number of aryl methyl sites for hydroxylation is 1. The van der Waals surface area contributed by atoms with E-state index in [2.05, 4.69) is 54.7 Å². The van der Waals surface area contributed by atoms with Crippen LogP contribution < -0.4 is 10.2 Å². The van der Waals surface area contributed by atoms with Crippen molar-refractivity contribution < 1.29 is 4.79 Å². The van der Waals surface area contributed by atoms with Crippen LogP contribution in [0, 0.1) is 6.92 Å². The van der Waals surface area contributed by atoms with E-state index in [1.807, 2.05) is 60.7 Å². The zero-order chi connectivity index (χ0) is 24.0. The highest BCUT2D eigenvalue weighted by Crippen LogP contribution is 2.28. The van der Waals surface area contributed by atoms with E-state index < -0.39 is 0 Å². The SMILES string of the molecule is Cc1ccccc1-c1cs/c(=N/NC(=O)CSc2nnc(-c3ccccn3)s2)n1-c1ccccc1. The Hall–Kier alpha value is -3.60. The van der Waals surface area contributed by atoms with Gasteiger partial charge < -0.3 is 0 Å². The number of thiazole rings is 1. The maximum Gasteiger partial charge on any atom is 0.250 e. The number of nitrogens with zero attached hydrogens (tertiary/aromatic N) is 5. The Balaban J connectivity index is 1.34. The van der Waals surface area contributed by atoms with Crippen molar-refractivity contribution in [3.05, 3.63) is 94.7 Å². The lowest BCUT2D eigenvalue weighted by atomic mass is 10.1. The Morgan fingerprint density at radius 2 is 1.83 bits per heavy atom. The molecule has 5 aromatic rings. The monoisotopic (exact) mass is 516 g/mol. The lowest BCUT2D eigenvalue weighted by Gasteiger charge is -2.11. The van der Waals surface area contributed by atoms with E-state index in [0.29, 0.717) is 9.14 Å². The summed E-state index contributed by atoms with van der Waals surface area (Å²) in [5.74, 6) is -0.0307. The molecule has 2 aromatic carbocycles. The quantitative estimate of drug-likeness (QED) is 0.239. The number of thioether (sulfide) groups is 1. The van der Waals surface area contributed by atoms with Crippen LogP contribution >= 0.6 is 34.4 Å². The molecule has 0 bridgehead atoms.